The van der Waals surface area contributed by atoms with Gasteiger partial charge in [-0.1, -0.05) is 13.8 Å². The van der Waals surface area contributed by atoms with Crippen LogP contribution in [0.25, 0.3) is 0 Å². The third-order valence-corrected chi connectivity index (χ3v) is 3.66. The quantitative estimate of drug-likeness (QED) is 0.786. The number of hydrogen-bond donors (Lipinski definition) is 2. The first kappa shape index (κ1) is 21.3. The van der Waals surface area contributed by atoms with E-state index in [2.05, 4.69) is 31.0 Å². The molecule has 3 unspecified atom stereocenters. The molecule has 0 radical (unpaired) electrons. The molecule has 1 aliphatic carbocycles. The maximum absolute atomic E-state index is 12.0. The number of hydrogen-bond acceptors (Lipinski definition) is 3. The van der Waals surface area contributed by atoms with E-state index in [0.717, 1.165) is 38.9 Å². The van der Waals surface area contributed by atoms with Gasteiger partial charge in [0.05, 0.1) is 0 Å². The Morgan fingerprint density at radius 3 is 2.32 bits per heavy atom. The maximum atomic E-state index is 12.0. The summed E-state index contributed by atoms with van der Waals surface area (Å²) in [6.45, 7) is 9.36. The summed E-state index contributed by atoms with van der Waals surface area (Å²) in [4.78, 5) is 14.3. The van der Waals surface area contributed by atoms with Crippen LogP contribution in [-0.2, 0) is 4.79 Å². The molecular weight excluding hydrogens is 285 g/mol. The number of amides is 1. The molecule has 4 nitrogen and oxygen atoms in total. The molecule has 1 aliphatic rings. The molecule has 19 heavy (non-hydrogen) atoms. The van der Waals surface area contributed by atoms with Gasteiger partial charge in [0.2, 0.25) is 5.91 Å². The Bertz CT molecular complexity index is 250. The predicted molar refractivity (Wildman–Crippen MR) is 85.2 cm³/mol. The van der Waals surface area contributed by atoms with E-state index in [0.29, 0.717) is 0 Å². The lowest BCUT2D eigenvalue weighted by atomic mass is 10.1. The van der Waals surface area contributed by atoms with Crippen molar-refractivity contribution in [2.75, 3.05) is 19.6 Å². The van der Waals surface area contributed by atoms with E-state index in [4.69, 9.17) is 5.73 Å². The summed E-state index contributed by atoms with van der Waals surface area (Å²) in [6, 6.07) is 0.447. The molecule has 0 aromatic carbocycles. The molecule has 1 saturated carbocycles. The topological polar surface area (TPSA) is 58.4 Å². The monoisotopic (exact) mass is 313 g/mol. The predicted octanol–water partition coefficient (Wildman–Crippen LogP) is 1.80. The summed E-state index contributed by atoms with van der Waals surface area (Å²) in [5.74, 6) is 0.335. The molecule has 0 saturated heterocycles. The van der Waals surface area contributed by atoms with Crippen LogP contribution in [0.1, 0.15) is 40.0 Å². The first-order chi connectivity index (χ1) is 8.06. The van der Waals surface area contributed by atoms with Gasteiger partial charge in [-0.3, -0.25) is 4.79 Å². The van der Waals surface area contributed by atoms with Crippen molar-refractivity contribution in [1.29, 1.82) is 0 Å². The van der Waals surface area contributed by atoms with E-state index < -0.39 is 0 Å². The van der Waals surface area contributed by atoms with E-state index in [1.807, 2.05) is 0 Å². The first-order valence-corrected chi connectivity index (χ1v) is 6.85. The van der Waals surface area contributed by atoms with Crippen LogP contribution >= 0.6 is 24.8 Å². The molecule has 0 spiro atoms. The van der Waals surface area contributed by atoms with Crippen molar-refractivity contribution in [3.05, 3.63) is 0 Å². The highest BCUT2D eigenvalue weighted by atomic mass is 35.5. The van der Waals surface area contributed by atoms with Crippen LogP contribution in [0.2, 0.25) is 0 Å². The van der Waals surface area contributed by atoms with Crippen LogP contribution in [0.3, 0.4) is 0 Å². The molecule has 0 aromatic heterocycles. The van der Waals surface area contributed by atoms with Crippen LogP contribution in [0, 0.1) is 5.92 Å². The van der Waals surface area contributed by atoms with Gasteiger partial charge in [-0.05, 0) is 39.3 Å². The lowest BCUT2D eigenvalue weighted by Crippen LogP contribution is -2.44. The average molecular weight is 314 g/mol. The molecule has 1 rings (SSSR count). The van der Waals surface area contributed by atoms with Gasteiger partial charge in [0.25, 0.3) is 0 Å². The summed E-state index contributed by atoms with van der Waals surface area (Å²) in [5.41, 5.74) is 5.83. The van der Waals surface area contributed by atoms with Gasteiger partial charge < -0.3 is 16.0 Å². The van der Waals surface area contributed by atoms with Gasteiger partial charge in [0.15, 0.2) is 0 Å². The molecule has 3 atom stereocenters. The first-order valence-electron chi connectivity index (χ1n) is 6.85. The minimum Gasteiger partial charge on any atom is -0.352 e. The number of nitrogens with one attached hydrogen (secondary N) is 1. The number of halogens is 2. The summed E-state index contributed by atoms with van der Waals surface area (Å²) >= 11 is 0. The molecule has 1 fully saturated rings. The fourth-order valence-electron chi connectivity index (χ4n) is 2.53. The highest BCUT2D eigenvalue weighted by Gasteiger charge is 2.28. The third-order valence-electron chi connectivity index (χ3n) is 3.66. The largest absolute Gasteiger partial charge is 0.352 e. The number of rotatable bonds is 6. The standard InChI is InChI=1S/C13H27N3O.2ClH/c1-4-16(5-2)9-10(3)15-13(17)11-6-7-12(14)8-11;;/h10-12H,4-9,14H2,1-3H3,(H,15,17);2*1H. The van der Waals surface area contributed by atoms with Crippen molar-refractivity contribution in [2.45, 2.75) is 52.1 Å². The number of carbonyl (C=O) groups is 1. The fraction of sp³-hybridized carbons (Fsp3) is 0.923. The Morgan fingerprint density at radius 1 is 1.32 bits per heavy atom. The summed E-state index contributed by atoms with van der Waals surface area (Å²) in [5, 5.41) is 3.11. The summed E-state index contributed by atoms with van der Waals surface area (Å²) in [6.07, 6.45) is 2.79. The van der Waals surface area contributed by atoms with Gasteiger partial charge >= 0.3 is 0 Å². The van der Waals surface area contributed by atoms with Crippen LogP contribution in [0.4, 0.5) is 0 Å². The summed E-state index contributed by atoms with van der Waals surface area (Å²) < 4.78 is 0. The van der Waals surface area contributed by atoms with Crippen LogP contribution < -0.4 is 11.1 Å². The minimum absolute atomic E-state index is 0. The zero-order valence-corrected chi connectivity index (χ0v) is 13.9. The van der Waals surface area contributed by atoms with E-state index >= 15 is 0 Å². The van der Waals surface area contributed by atoms with Crippen molar-refractivity contribution < 1.29 is 4.79 Å². The second-order valence-electron chi connectivity index (χ2n) is 5.17. The molecule has 116 valence electrons. The zero-order valence-electron chi connectivity index (χ0n) is 12.2. The molecule has 0 aliphatic heterocycles. The lowest BCUT2D eigenvalue weighted by Gasteiger charge is -2.24. The Labute approximate surface area is 129 Å². The minimum atomic E-state index is 0. The van der Waals surface area contributed by atoms with Gasteiger partial charge in [0.1, 0.15) is 0 Å². The second kappa shape index (κ2) is 10.7. The normalized spacial score (nSPS) is 23.4. The molecule has 0 aromatic rings. The number of nitrogens with zero attached hydrogens (tertiary/aromatic N) is 1. The van der Waals surface area contributed by atoms with Crippen LogP contribution in [0.15, 0.2) is 0 Å². The van der Waals surface area contributed by atoms with Gasteiger partial charge in [-0.15, -0.1) is 24.8 Å². The Morgan fingerprint density at radius 2 is 1.89 bits per heavy atom. The van der Waals surface area contributed by atoms with E-state index in [9.17, 15) is 4.79 Å². The number of likely N-dealkylation sites (N-methyl/N-ethyl adjacent to an activating group) is 1. The summed E-state index contributed by atoms with van der Waals surface area (Å²) in [7, 11) is 0. The van der Waals surface area contributed by atoms with Gasteiger partial charge in [-0.2, -0.15) is 0 Å². The highest BCUT2D eigenvalue weighted by Crippen LogP contribution is 2.24. The molecule has 6 heteroatoms. The highest BCUT2D eigenvalue weighted by molar-refractivity contribution is 5.85. The third kappa shape index (κ3) is 7.35. The number of nitrogens with two attached hydrogens (primary N) is 1. The van der Waals surface area contributed by atoms with E-state index in [-0.39, 0.29) is 48.7 Å². The molecule has 0 bridgehead atoms. The van der Waals surface area contributed by atoms with E-state index in [1.165, 1.54) is 0 Å². The maximum Gasteiger partial charge on any atom is 0.223 e. The van der Waals surface area contributed by atoms with E-state index in [1.54, 1.807) is 0 Å². The van der Waals surface area contributed by atoms with Crippen molar-refractivity contribution in [2.24, 2.45) is 11.7 Å². The van der Waals surface area contributed by atoms with Crippen molar-refractivity contribution >= 4 is 30.7 Å². The van der Waals surface area contributed by atoms with Gasteiger partial charge in [-0.25, -0.2) is 0 Å². The van der Waals surface area contributed by atoms with Crippen LogP contribution in [-0.4, -0.2) is 42.5 Å². The number of carbonyl (C=O) groups excluding carboxylic acids is 1. The second-order valence-corrected chi connectivity index (χ2v) is 5.17. The fourth-order valence-corrected chi connectivity index (χ4v) is 2.53. The Hall–Kier alpha value is -0.0300. The molecule has 1 amide bonds. The lowest BCUT2D eigenvalue weighted by molar-refractivity contribution is -0.125. The Kier molecular flexibility index (Phi) is 12.0. The molecule has 0 heterocycles. The van der Waals surface area contributed by atoms with Crippen molar-refractivity contribution in [3.63, 3.8) is 0 Å². The van der Waals surface area contributed by atoms with Crippen LogP contribution in [0.5, 0.6) is 0 Å². The average Bonchev–Trinajstić information content (AvgIpc) is 2.72. The molecule has 3 N–H and O–H groups in total. The zero-order chi connectivity index (χ0) is 12.8. The van der Waals surface area contributed by atoms with Crippen molar-refractivity contribution in [3.8, 4) is 0 Å². The SMILES string of the molecule is CCN(CC)CC(C)NC(=O)C1CCC(N)C1.Cl.Cl. The molecular formula is C13H29Cl2N3O. The van der Waals surface area contributed by atoms with Gasteiger partial charge in [0, 0.05) is 24.5 Å². The van der Waals surface area contributed by atoms with Crippen molar-refractivity contribution in [1.82, 2.24) is 10.2 Å². The Balaban J connectivity index is 0. The smallest absolute Gasteiger partial charge is 0.223 e.